The summed E-state index contributed by atoms with van der Waals surface area (Å²) in [5.41, 5.74) is 2.14. The van der Waals surface area contributed by atoms with Gasteiger partial charge in [0.15, 0.2) is 0 Å². The maximum atomic E-state index is 13.6. The summed E-state index contributed by atoms with van der Waals surface area (Å²) in [4.78, 5) is 16.1. The van der Waals surface area contributed by atoms with Crippen LogP contribution in [0.4, 0.5) is 0 Å². The van der Waals surface area contributed by atoms with E-state index in [1.807, 2.05) is 24.3 Å². The normalized spacial score (nSPS) is 32.1. The Morgan fingerprint density at radius 3 is 2.74 bits per heavy atom. The minimum Gasteiger partial charge on any atom is -0.497 e. The number of ketones is 1. The average molecular weight is 476 g/mol. The topological polar surface area (TPSA) is 59.0 Å². The second-order valence-electron chi connectivity index (χ2n) is 11.3. The summed E-state index contributed by atoms with van der Waals surface area (Å²) >= 11 is 0. The molecule has 2 aromatic carbocycles. The Morgan fingerprint density at radius 1 is 1.14 bits per heavy atom. The lowest BCUT2D eigenvalue weighted by molar-refractivity contribution is -0.183. The van der Waals surface area contributed by atoms with Crippen LogP contribution in [0.15, 0.2) is 48.5 Å². The molecule has 6 rings (SSSR count). The molecule has 35 heavy (non-hydrogen) atoms. The number of fused-ring (bicyclic) bond motifs is 1. The molecule has 1 heterocycles. The Bertz CT molecular complexity index is 1080. The lowest BCUT2D eigenvalue weighted by Crippen LogP contribution is -2.74. The van der Waals surface area contributed by atoms with Crippen LogP contribution >= 0.6 is 0 Å². The Labute approximate surface area is 208 Å². The zero-order chi connectivity index (χ0) is 24.0. The van der Waals surface area contributed by atoms with Gasteiger partial charge in [0.05, 0.1) is 19.3 Å². The van der Waals surface area contributed by atoms with Gasteiger partial charge in [-0.15, -0.1) is 0 Å². The van der Waals surface area contributed by atoms with Gasteiger partial charge in [-0.05, 0) is 79.8 Å². The van der Waals surface area contributed by atoms with Crippen LogP contribution in [0.2, 0.25) is 0 Å². The van der Waals surface area contributed by atoms with E-state index in [0.29, 0.717) is 32.5 Å². The van der Waals surface area contributed by atoms with E-state index in [9.17, 15) is 9.90 Å². The molecule has 2 bridgehead atoms. The molecule has 1 unspecified atom stereocenters. The van der Waals surface area contributed by atoms with Gasteiger partial charge in [-0.2, -0.15) is 0 Å². The summed E-state index contributed by atoms with van der Waals surface area (Å²) in [6.07, 6.45) is 5.90. The smallest absolute Gasteiger partial charge is 0.137 e. The lowest BCUT2D eigenvalue weighted by Gasteiger charge is -2.64. The summed E-state index contributed by atoms with van der Waals surface area (Å²) in [6.45, 7) is 3.13. The number of rotatable bonds is 8. The SMILES string of the molecule is COc1ccc2c(c1)C13CCN(CC4CC4)[C@H](C2)[C@]1(O)C[C@H](CCOCc1ccccc1)C(=O)C3. The summed E-state index contributed by atoms with van der Waals surface area (Å²) in [5, 5.41) is 12.6. The van der Waals surface area contributed by atoms with Gasteiger partial charge in [-0.1, -0.05) is 36.4 Å². The Balaban J connectivity index is 1.26. The summed E-state index contributed by atoms with van der Waals surface area (Å²) in [6, 6.07) is 16.5. The first kappa shape index (κ1) is 23.2. The van der Waals surface area contributed by atoms with E-state index >= 15 is 0 Å². The van der Waals surface area contributed by atoms with Gasteiger partial charge < -0.3 is 14.6 Å². The Morgan fingerprint density at radius 2 is 1.97 bits per heavy atom. The van der Waals surface area contributed by atoms with Crippen molar-refractivity contribution < 1.29 is 19.4 Å². The fourth-order valence-electron chi connectivity index (χ4n) is 7.21. The van der Waals surface area contributed by atoms with Crippen LogP contribution in [-0.2, 0) is 28.0 Å². The monoisotopic (exact) mass is 475 g/mol. The van der Waals surface area contributed by atoms with Gasteiger partial charge in [0, 0.05) is 36.9 Å². The fraction of sp³-hybridized carbons (Fsp3) is 0.567. The standard InChI is InChI=1S/C30H37NO4/c1-34-25-10-9-23-15-28-30(33)17-24(11-14-35-20-22-5-3-2-4-6-22)27(32)18-29(30,26(23)16-25)12-13-31(28)19-21-7-8-21/h2-6,9-10,16,21,24,28,33H,7-8,11-15,17-20H2,1H3/t24-,28+,29?,30+/m0/s1. The van der Waals surface area contributed by atoms with Crippen LogP contribution in [-0.4, -0.2) is 54.2 Å². The molecule has 3 fully saturated rings. The van der Waals surface area contributed by atoms with Crippen LogP contribution in [0, 0.1) is 11.8 Å². The van der Waals surface area contributed by atoms with Crippen molar-refractivity contribution in [1.82, 2.24) is 4.90 Å². The first-order valence-corrected chi connectivity index (χ1v) is 13.3. The number of hydrogen-bond donors (Lipinski definition) is 1. The second-order valence-corrected chi connectivity index (χ2v) is 11.3. The molecule has 3 aliphatic carbocycles. The summed E-state index contributed by atoms with van der Waals surface area (Å²) < 4.78 is 11.5. The van der Waals surface area contributed by atoms with E-state index in [2.05, 4.69) is 29.2 Å². The molecule has 186 valence electrons. The van der Waals surface area contributed by atoms with Gasteiger partial charge >= 0.3 is 0 Å². The molecule has 2 saturated carbocycles. The molecule has 4 atom stereocenters. The number of ether oxygens (including phenoxy) is 2. The molecule has 5 nitrogen and oxygen atoms in total. The van der Waals surface area contributed by atoms with E-state index in [1.54, 1.807) is 7.11 Å². The number of aliphatic hydroxyl groups is 1. The minimum absolute atomic E-state index is 0.0681. The molecular formula is C30H37NO4. The Kier molecular flexibility index (Phi) is 5.98. The zero-order valence-corrected chi connectivity index (χ0v) is 20.7. The molecular weight excluding hydrogens is 438 g/mol. The summed E-state index contributed by atoms with van der Waals surface area (Å²) in [5.74, 6) is 1.71. The average Bonchev–Trinajstić information content (AvgIpc) is 3.69. The minimum atomic E-state index is -0.905. The number of likely N-dealkylation sites (tertiary alicyclic amines) is 1. The summed E-state index contributed by atoms with van der Waals surface area (Å²) in [7, 11) is 1.69. The predicted molar refractivity (Wildman–Crippen MR) is 134 cm³/mol. The molecule has 2 aromatic rings. The van der Waals surface area contributed by atoms with Crippen molar-refractivity contribution in [3.63, 3.8) is 0 Å². The van der Waals surface area contributed by atoms with E-state index in [1.165, 1.54) is 18.4 Å². The van der Waals surface area contributed by atoms with Gasteiger partial charge in [0.1, 0.15) is 11.5 Å². The maximum absolute atomic E-state index is 13.6. The van der Waals surface area contributed by atoms with E-state index in [-0.39, 0.29) is 17.7 Å². The number of benzene rings is 2. The van der Waals surface area contributed by atoms with Crippen molar-refractivity contribution in [3.05, 3.63) is 65.2 Å². The second kappa shape index (κ2) is 9.02. The number of Topliss-reactive ketones (excluding diaryl/α,β-unsaturated/α-hetero) is 1. The molecule has 1 N–H and O–H groups in total. The Hall–Kier alpha value is -2.21. The van der Waals surface area contributed by atoms with Crippen LogP contribution < -0.4 is 4.74 Å². The highest BCUT2D eigenvalue weighted by Gasteiger charge is 2.66. The van der Waals surface area contributed by atoms with Gasteiger partial charge in [-0.25, -0.2) is 0 Å². The number of hydrogen-bond acceptors (Lipinski definition) is 5. The number of carbonyl (C=O) groups excluding carboxylic acids is 1. The van der Waals surface area contributed by atoms with Crippen molar-refractivity contribution in [1.29, 1.82) is 0 Å². The molecule has 4 aliphatic rings. The van der Waals surface area contributed by atoms with E-state index in [0.717, 1.165) is 48.7 Å². The van der Waals surface area contributed by atoms with Crippen molar-refractivity contribution >= 4 is 5.78 Å². The molecule has 0 spiro atoms. The third kappa shape index (κ3) is 4.02. The van der Waals surface area contributed by atoms with Crippen LogP contribution in [0.1, 0.15) is 55.2 Å². The third-order valence-electron chi connectivity index (χ3n) is 9.29. The fourth-order valence-corrected chi connectivity index (χ4v) is 7.21. The van der Waals surface area contributed by atoms with Crippen molar-refractivity contribution in [3.8, 4) is 5.75 Å². The number of carbonyl (C=O) groups is 1. The first-order valence-electron chi connectivity index (χ1n) is 13.3. The zero-order valence-electron chi connectivity index (χ0n) is 20.7. The van der Waals surface area contributed by atoms with Crippen molar-refractivity contribution in [2.45, 2.75) is 68.6 Å². The van der Waals surface area contributed by atoms with E-state index in [4.69, 9.17) is 9.47 Å². The molecule has 1 aliphatic heterocycles. The number of methoxy groups -OCH3 is 1. The molecule has 1 saturated heterocycles. The highest BCUT2D eigenvalue weighted by atomic mass is 16.5. The van der Waals surface area contributed by atoms with Crippen LogP contribution in [0.5, 0.6) is 5.75 Å². The van der Waals surface area contributed by atoms with Crippen LogP contribution in [0.25, 0.3) is 0 Å². The highest BCUT2D eigenvalue weighted by molar-refractivity contribution is 5.85. The number of piperidine rings is 1. The maximum Gasteiger partial charge on any atom is 0.137 e. The lowest BCUT2D eigenvalue weighted by atomic mass is 9.47. The molecule has 5 heteroatoms. The van der Waals surface area contributed by atoms with Crippen molar-refractivity contribution in [2.24, 2.45) is 11.8 Å². The molecule has 0 amide bonds. The van der Waals surface area contributed by atoms with Gasteiger partial charge in [0.2, 0.25) is 0 Å². The highest BCUT2D eigenvalue weighted by Crippen LogP contribution is 2.59. The third-order valence-corrected chi connectivity index (χ3v) is 9.29. The first-order chi connectivity index (χ1) is 17.0. The predicted octanol–water partition coefficient (Wildman–Crippen LogP) is 4.29. The van der Waals surface area contributed by atoms with Gasteiger partial charge in [0.25, 0.3) is 0 Å². The van der Waals surface area contributed by atoms with Crippen molar-refractivity contribution in [2.75, 3.05) is 26.8 Å². The number of nitrogens with zero attached hydrogens (tertiary/aromatic N) is 1. The molecule has 0 radical (unpaired) electrons. The quantitative estimate of drug-likeness (QED) is 0.577. The van der Waals surface area contributed by atoms with Gasteiger partial charge in [-0.3, -0.25) is 9.69 Å². The van der Waals surface area contributed by atoms with E-state index < -0.39 is 11.0 Å². The molecule has 0 aromatic heterocycles. The van der Waals surface area contributed by atoms with Crippen LogP contribution in [0.3, 0.4) is 0 Å². The largest absolute Gasteiger partial charge is 0.497 e.